The fourth-order valence-corrected chi connectivity index (χ4v) is 13.9. The fraction of sp³-hybridized carbons (Fsp3) is 0.949. The van der Waals surface area contributed by atoms with Crippen LogP contribution in [-0.4, -0.2) is 96.7 Å². The maximum atomic E-state index is 13.1. The highest BCUT2D eigenvalue weighted by Crippen LogP contribution is 2.45. The Kier molecular flexibility index (Phi) is 71.9. The molecule has 0 bridgehead atoms. The third-order valence-corrected chi connectivity index (χ3v) is 20.5. The van der Waals surface area contributed by atoms with Gasteiger partial charge in [0.2, 0.25) is 0 Å². The molecular weight excluding hydrogens is 1280 g/mol. The number of carbonyl (C=O) groups excluding carboxylic acids is 4. The van der Waals surface area contributed by atoms with Crippen molar-refractivity contribution in [1.82, 2.24) is 0 Å². The molecule has 0 heterocycles. The first-order chi connectivity index (χ1) is 47.7. The molecule has 19 heteroatoms. The van der Waals surface area contributed by atoms with Crippen molar-refractivity contribution in [1.29, 1.82) is 0 Å². The standard InChI is InChI=1S/C79H154O17P2/c1-5-9-13-17-21-25-29-33-36-39-42-46-50-54-58-62-66-79(84)96-75(70-90-77(82)64-60-56-52-48-44-40-37-34-30-26-22-18-14-10-6-2)72-94-98(87,88)92-68-73(80)67-91-97(85,86)93-71-74(69-89-76(81)63-59-55-51-47-43-32-28-24-20-16-12-8-4)95-78(83)65-61-57-53-49-45-41-38-35-31-27-23-19-15-11-7-3/h73-75,80H,5-72H2,1-4H3,(H,85,86)(H,87,88)/t73-,74+,75+/m0/s1. The van der Waals surface area contributed by atoms with Gasteiger partial charge < -0.3 is 33.8 Å². The van der Waals surface area contributed by atoms with Gasteiger partial charge in [-0.15, -0.1) is 0 Å². The van der Waals surface area contributed by atoms with Crippen LogP contribution in [0.1, 0.15) is 426 Å². The molecular formula is C79H154O17P2. The largest absolute Gasteiger partial charge is 0.472 e. The van der Waals surface area contributed by atoms with Crippen LogP contribution in [0, 0.1) is 0 Å². The number of unbranched alkanes of at least 4 members (excludes halogenated alkanes) is 54. The van der Waals surface area contributed by atoms with E-state index in [1.54, 1.807) is 0 Å². The number of rotatable bonds is 80. The molecule has 0 saturated carbocycles. The number of carbonyl (C=O) groups is 4. The average Bonchev–Trinajstić information content (AvgIpc) is 1.11. The molecule has 0 radical (unpaired) electrons. The van der Waals surface area contributed by atoms with Gasteiger partial charge >= 0.3 is 39.5 Å². The van der Waals surface area contributed by atoms with E-state index in [0.717, 1.165) is 89.9 Å². The summed E-state index contributed by atoms with van der Waals surface area (Å²) in [6.45, 7) is 5.03. The van der Waals surface area contributed by atoms with Crippen molar-refractivity contribution >= 4 is 39.5 Å². The molecule has 0 aromatic heterocycles. The van der Waals surface area contributed by atoms with Crippen LogP contribution in [-0.2, 0) is 65.4 Å². The zero-order valence-electron chi connectivity index (χ0n) is 63.8. The van der Waals surface area contributed by atoms with Gasteiger partial charge in [-0.3, -0.25) is 37.3 Å². The lowest BCUT2D eigenvalue weighted by molar-refractivity contribution is -0.161. The molecule has 0 aromatic rings. The van der Waals surface area contributed by atoms with Crippen molar-refractivity contribution in [2.75, 3.05) is 39.6 Å². The predicted molar refractivity (Wildman–Crippen MR) is 400 cm³/mol. The van der Waals surface area contributed by atoms with Crippen molar-refractivity contribution in [3.8, 4) is 0 Å². The van der Waals surface area contributed by atoms with Crippen LogP contribution in [0.25, 0.3) is 0 Å². The molecule has 0 aliphatic rings. The summed E-state index contributed by atoms with van der Waals surface area (Å²) in [6, 6.07) is 0. The highest BCUT2D eigenvalue weighted by Gasteiger charge is 2.30. The first kappa shape index (κ1) is 96.1. The summed E-state index contributed by atoms with van der Waals surface area (Å²) < 4.78 is 68.7. The minimum Gasteiger partial charge on any atom is -0.462 e. The minimum atomic E-state index is -4.96. The Hall–Kier alpha value is -1.94. The molecule has 0 spiro atoms. The van der Waals surface area contributed by atoms with E-state index in [1.807, 2.05) is 0 Å². The predicted octanol–water partition coefficient (Wildman–Crippen LogP) is 23.8. The van der Waals surface area contributed by atoms with Crippen molar-refractivity contribution < 1.29 is 80.2 Å². The fourth-order valence-electron chi connectivity index (χ4n) is 12.3. The zero-order chi connectivity index (χ0) is 71.8. The lowest BCUT2D eigenvalue weighted by Crippen LogP contribution is -2.30. The number of aliphatic hydroxyl groups excluding tert-OH is 1. The van der Waals surface area contributed by atoms with Gasteiger partial charge in [0.05, 0.1) is 26.4 Å². The summed E-state index contributed by atoms with van der Waals surface area (Å²) in [4.78, 5) is 73.0. The van der Waals surface area contributed by atoms with Crippen LogP contribution < -0.4 is 0 Å². The summed E-state index contributed by atoms with van der Waals surface area (Å²) in [5, 5.41) is 10.6. The molecule has 0 aliphatic heterocycles. The minimum absolute atomic E-state index is 0.109. The van der Waals surface area contributed by atoms with Crippen molar-refractivity contribution in [3.05, 3.63) is 0 Å². The normalized spacial score (nSPS) is 13.8. The Balaban J connectivity index is 5.26. The maximum absolute atomic E-state index is 13.1. The molecule has 3 N–H and O–H groups in total. The van der Waals surface area contributed by atoms with E-state index in [-0.39, 0.29) is 25.7 Å². The van der Waals surface area contributed by atoms with Crippen LogP contribution >= 0.6 is 15.6 Å². The molecule has 0 amide bonds. The molecule has 0 fully saturated rings. The average molecular weight is 1440 g/mol. The van der Waals surface area contributed by atoms with E-state index in [9.17, 15) is 43.2 Å². The van der Waals surface area contributed by atoms with Crippen LogP contribution in [0.2, 0.25) is 0 Å². The molecule has 0 aliphatic carbocycles. The van der Waals surface area contributed by atoms with Gasteiger partial charge in [-0.05, 0) is 25.7 Å². The lowest BCUT2D eigenvalue weighted by Gasteiger charge is -2.21. The van der Waals surface area contributed by atoms with E-state index >= 15 is 0 Å². The van der Waals surface area contributed by atoms with Gasteiger partial charge in [0.25, 0.3) is 0 Å². The van der Waals surface area contributed by atoms with Crippen molar-refractivity contribution in [2.24, 2.45) is 0 Å². The van der Waals surface area contributed by atoms with Gasteiger partial charge in [-0.1, -0.05) is 374 Å². The quantitative estimate of drug-likeness (QED) is 0.0222. The summed E-state index contributed by atoms with van der Waals surface area (Å²) in [5.41, 5.74) is 0. The first-order valence-electron chi connectivity index (χ1n) is 41.3. The monoisotopic (exact) mass is 1440 g/mol. The SMILES string of the molecule is CCCCCCCCCCCCCCCCCCC(=O)O[C@H](COC(=O)CCCCCCCCCCCCCCCCC)COP(=O)(O)OC[C@@H](O)COP(=O)(O)OC[C@@H](COC(=O)CCCCCCCCCCCCCC)OC(=O)CCCCCCCCCCCCCCCCC. The highest BCUT2D eigenvalue weighted by atomic mass is 31.2. The van der Waals surface area contributed by atoms with Gasteiger partial charge in [-0.25, -0.2) is 9.13 Å². The van der Waals surface area contributed by atoms with E-state index in [1.165, 1.54) is 257 Å². The number of hydrogen-bond donors (Lipinski definition) is 3. The molecule has 0 rings (SSSR count). The number of aliphatic hydroxyl groups is 1. The Labute approximate surface area is 600 Å². The smallest absolute Gasteiger partial charge is 0.462 e. The number of hydrogen-bond acceptors (Lipinski definition) is 15. The van der Waals surface area contributed by atoms with E-state index < -0.39 is 97.5 Å². The maximum Gasteiger partial charge on any atom is 0.472 e. The summed E-state index contributed by atoms with van der Waals surface area (Å²) in [7, 11) is -9.91. The van der Waals surface area contributed by atoms with Crippen LogP contribution in [0.15, 0.2) is 0 Å². The van der Waals surface area contributed by atoms with E-state index in [0.29, 0.717) is 25.7 Å². The molecule has 17 nitrogen and oxygen atoms in total. The number of ether oxygens (including phenoxy) is 4. The molecule has 2 unspecified atom stereocenters. The summed E-state index contributed by atoms with van der Waals surface area (Å²) >= 11 is 0. The zero-order valence-corrected chi connectivity index (χ0v) is 65.6. The van der Waals surface area contributed by atoms with Crippen LogP contribution in [0.5, 0.6) is 0 Å². The number of esters is 4. The Morgan fingerprint density at radius 3 is 0.602 bits per heavy atom. The van der Waals surface area contributed by atoms with Crippen LogP contribution in [0.4, 0.5) is 0 Å². The third kappa shape index (κ3) is 72.4. The van der Waals surface area contributed by atoms with Gasteiger partial charge in [0.1, 0.15) is 19.3 Å². The summed E-state index contributed by atoms with van der Waals surface area (Å²) in [5.74, 6) is -2.10. The van der Waals surface area contributed by atoms with E-state index in [2.05, 4.69) is 27.7 Å². The van der Waals surface area contributed by atoms with Gasteiger partial charge in [0, 0.05) is 25.7 Å². The highest BCUT2D eigenvalue weighted by molar-refractivity contribution is 7.47. The molecule has 582 valence electrons. The lowest BCUT2D eigenvalue weighted by atomic mass is 10.0. The second kappa shape index (κ2) is 73.4. The van der Waals surface area contributed by atoms with Crippen LogP contribution in [0.3, 0.4) is 0 Å². The second-order valence-corrected chi connectivity index (χ2v) is 31.4. The van der Waals surface area contributed by atoms with Gasteiger partial charge in [0.15, 0.2) is 12.2 Å². The van der Waals surface area contributed by atoms with Crippen molar-refractivity contribution in [3.63, 3.8) is 0 Å². The topological polar surface area (TPSA) is 237 Å². The Bertz CT molecular complexity index is 1860. The summed E-state index contributed by atoms with van der Waals surface area (Å²) in [6.07, 6.45) is 64.9. The second-order valence-electron chi connectivity index (χ2n) is 28.5. The molecule has 5 atom stereocenters. The Morgan fingerprint density at radius 1 is 0.245 bits per heavy atom. The number of phosphoric acid groups is 2. The molecule has 0 saturated heterocycles. The van der Waals surface area contributed by atoms with Gasteiger partial charge in [-0.2, -0.15) is 0 Å². The van der Waals surface area contributed by atoms with Crippen molar-refractivity contribution in [2.45, 2.75) is 444 Å². The first-order valence-corrected chi connectivity index (χ1v) is 44.3. The number of phosphoric ester groups is 2. The molecule has 98 heavy (non-hydrogen) atoms. The third-order valence-electron chi connectivity index (χ3n) is 18.6. The van der Waals surface area contributed by atoms with E-state index in [4.69, 9.17) is 37.0 Å². The molecule has 0 aromatic carbocycles. The Morgan fingerprint density at radius 2 is 0.408 bits per heavy atom.